The van der Waals surface area contributed by atoms with Crippen molar-refractivity contribution in [1.82, 2.24) is 4.72 Å². The average Bonchev–Trinajstić information content (AvgIpc) is 2.40. The van der Waals surface area contributed by atoms with Crippen LogP contribution in [-0.2, 0) is 10.0 Å². The number of hydrogen-bond acceptors (Lipinski definition) is 3. The maximum Gasteiger partial charge on any atom is 0.266 e. The van der Waals surface area contributed by atoms with Crippen molar-refractivity contribution in [1.29, 1.82) is 0 Å². The summed E-state index contributed by atoms with van der Waals surface area (Å²) in [4.78, 5) is 4.65. The SMILES string of the molecule is O=S1(=O)NC(=NC2CCCCC2)Nc2ccc(Cl)cc21. The molecule has 0 amide bonds. The fourth-order valence-corrected chi connectivity index (χ4v) is 4.00. The first-order valence-corrected chi connectivity index (χ1v) is 8.58. The molecule has 7 heteroatoms. The van der Waals surface area contributed by atoms with Gasteiger partial charge in [0.1, 0.15) is 4.90 Å². The summed E-state index contributed by atoms with van der Waals surface area (Å²) in [5, 5.41) is 3.42. The molecule has 1 aliphatic heterocycles. The van der Waals surface area contributed by atoms with E-state index in [1.165, 1.54) is 12.5 Å². The molecule has 0 saturated heterocycles. The van der Waals surface area contributed by atoms with E-state index in [1.807, 2.05) is 0 Å². The zero-order valence-corrected chi connectivity index (χ0v) is 12.5. The smallest absolute Gasteiger partial charge is 0.266 e. The molecule has 1 aromatic rings. The van der Waals surface area contributed by atoms with Crippen molar-refractivity contribution >= 4 is 33.3 Å². The molecule has 1 aliphatic carbocycles. The summed E-state index contributed by atoms with van der Waals surface area (Å²) < 4.78 is 26.8. The Kier molecular flexibility index (Phi) is 3.60. The first-order valence-electron chi connectivity index (χ1n) is 6.72. The molecule has 1 saturated carbocycles. The van der Waals surface area contributed by atoms with Crippen LogP contribution in [0.15, 0.2) is 28.1 Å². The third-order valence-corrected chi connectivity index (χ3v) is 5.22. The lowest BCUT2D eigenvalue weighted by Crippen LogP contribution is -2.41. The number of rotatable bonds is 1. The molecule has 1 fully saturated rings. The van der Waals surface area contributed by atoms with E-state index >= 15 is 0 Å². The molecule has 0 aromatic heterocycles. The van der Waals surface area contributed by atoms with Gasteiger partial charge in [-0.3, -0.25) is 0 Å². The van der Waals surface area contributed by atoms with Crippen molar-refractivity contribution in [3.63, 3.8) is 0 Å². The highest BCUT2D eigenvalue weighted by Crippen LogP contribution is 2.28. The molecule has 0 radical (unpaired) electrons. The van der Waals surface area contributed by atoms with Crippen LogP contribution in [0.25, 0.3) is 0 Å². The fraction of sp³-hybridized carbons (Fsp3) is 0.462. The van der Waals surface area contributed by atoms with Crippen molar-refractivity contribution < 1.29 is 8.42 Å². The van der Waals surface area contributed by atoms with Crippen molar-refractivity contribution in [3.8, 4) is 0 Å². The number of sulfonamides is 1. The number of fused-ring (bicyclic) bond motifs is 1. The maximum absolute atomic E-state index is 12.2. The summed E-state index contributed by atoms with van der Waals surface area (Å²) in [7, 11) is -3.59. The van der Waals surface area contributed by atoms with Crippen LogP contribution >= 0.6 is 11.6 Å². The Hall–Kier alpha value is -1.27. The van der Waals surface area contributed by atoms with Gasteiger partial charge >= 0.3 is 0 Å². The minimum Gasteiger partial charge on any atom is -0.324 e. The second kappa shape index (κ2) is 5.26. The van der Waals surface area contributed by atoms with Gasteiger partial charge in [-0.1, -0.05) is 30.9 Å². The number of nitrogens with zero attached hydrogens (tertiary/aromatic N) is 1. The number of nitrogens with one attached hydrogen (secondary N) is 2. The predicted molar refractivity (Wildman–Crippen MR) is 79.7 cm³/mol. The highest BCUT2D eigenvalue weighted by atomic mass is 35.5. The lowest BCUT2D eigenvalue weighted by atomic mass is 9.96. The quantitative estimate of drug-likeness (QED) is 0.837. The van der Waals surface area contributed by atoms with Crippen LogP contribution in [0.3, 0.4) is 0 Å². The molecule has 2 N–H and O–H groups in total. The largest absolute Gasteiger partial charge is 0.324 e. The Bertz CT molecular complexity index is 652. The van der Waals surface area contributed by atoms with Crippen LogP contribution in [0.5, 0.6) is 0 Å². The summed E-state index contributed by atoms with van der Waals surface area (Å²) in [6, 6.07) is 4.95. The number of hydrogen-bond donors (Lipinski definition) is 2. The molecule has 5 nitrogen and oxygen atoms in total. The Morgan fingerprint density at radius 3 is 2.70 bits per heavy atom. The lowest BCUT2D eigenvalue weighted by Gasteiger charge is -2.24. The minimum atomic E-state index is -3.59. The third kappa shape index (κ3) is 2.76. The topological polar surface area (TPSA) is 70.6 Å². The highest BCUT2D eigenvalue weighted by molar-refractivity contribution is 7.90. The summed E-state index contributed by atoms with van der Waals surface area (Å²) in [5.41, 5.74) is 0.516. The van der Waals surface area contributed by atoms with E-state index in [-0.39, 0.29) is 10.9 Å². The van der Waals surface area contributed by atoms with E-state index in [1.54, 1.807) is 12.1 Å². The first-order chi connectivity index (χ1) is 9.54. The third-order valence-electron chi connectivity index (χ3n) is 3.60. The van der Waals surface area contributed by atoms with Gasteiger partial charge in [0.25, 0.3) is 10.0 Å². The Balaban J connectivity index is 1.91. The van der Waals surface area contributed by atoms with Crippen LogP contribution < -0.4 is 10.0 Å². The number of benzene rings is 1. The maximum atomic E-state index is 12.2. The van der Waals surface area contributed by atoms with Gasteiger partial charge in [0.05, 0.1) is 11.7 Å². The van der Waals surface area contributed by atoms with Gasteiger partial charge in [-0.15, -0.1) is 0 Å². The van der Waals surface area contributed by atoms with Gasteiger partial charge in [-0.2, -0.15) is 0 Å². The summed E-state index contributed by atoms with van der Waals surface area (Å²) >= 11 is 5.85. The monoisotopic (exact) mass is 313 g/mol. The van der Waals surface area contributed by atoms with Gasteiger partial charge in [0.2, 0.25) is 5.96 Å². The van der Waals surface area contributed by atoms with Gasteiger partial charge in [-0.05, 0) is 31.0 Å². The Labute approximate surface area is 123 Å². The van der Waals surface area contributed by atoms with Crippen molar-refractivity contribution in [2.75, 3.05) is 5.32 Å². The van der Waals surface area contributed by atoms with Crippen LogP contribution in [0.4, 0.5) is 5.69 Å². The van der Waals surface area contributed by atoms with Gasteiger partial charge < -0.3 is 5.32 Å². The lowest BCUT2D eigenvalue weighted by molar-refractivity contribution is 0.443. The molecule has 2 aliphatic rings. The molecule has 20 heavy (non-hydrogen) atoms. The molecular formula is C13H16ClN3O2S. The number of halogens is 1. The first kappa shape index (κ1) is 13.7. The molecule has 3 rings (SSSR count). The summed E-state index contributed by atoms with van der Waals surface area (Å²) in [5.74, 6) is 0.312. The molecule has 0 unspecified atom stereocenters. The normalized spacial score (nSPS) is 23.8. The average molecular weight is 314 g/mol. The van der Waals surface area contributed by atoms with Crippen LogP contribution in [0.2, 0.25) is 5.02 Å². The molecule has 0 spiro atoms. The standard InChI is InChI=1S/C13H16ClN3O2S/c14-9-6-7-11-12(8-9)20(18,19)17-13(16-11)15-10-4-2-1-3-5-10/h6-8,10H,1-5H2,(H2,15,16,17). The van der Waals surface area contributed by atoms with E-state index in [4.69, 9.17) is 11.6 Å². The van der Waals surface area contributed by atoms with Crippen molar-refractivity contribution in [2.45, 2.75) is 43.0 Å². The van der Waals surface area contributed by atoms with E-state index in [0.717, 1.165) is 25.7 Å². The molecule has 1 heterocycles. The van der Waals surface area contributed by atoms with E-state index in [9.17, 15) is 8.42 Å². The Morgan fingerprint density at radius 1 is 1.20 bits per heavy atom. The van der Waals surface area contributed by atoms with Gasteiger partial charge in [0, 0.05) is 5.02 Å². The summed E-state index contributed by atoms with van der Waals surface area (Å²) in [6.45, 7) is 0. The molecular weight excluding hydrogens is 298 g/mol. The zero-order chi connectivity index (χ0) is 14.2. The van der Waals surface area contributed by atoms with Crippen LogP contribution in [0.1, 0.15) is 32.1 Å². The van der Waals surface area contributed by atoms with Crippen molar-refractivity contribution in [3.05, 3.63) is 23.2 Å². The highest BCUT2D eigenvalue weighted by Gasteiger charge is 2.27. The van der Waals surface area contributed by atoms with E-state index in [2.05, 4.69) is 15.0 Å². The zero-order valence-electron chi connectivity index (χ0n) is 10.9. The molecule has 108 valence electrons. The van der Waals surface area contributed by atoms with Crippen molar-refractivity contribution in [2.24, 2.45) is 4.99 Å². The Morgan fingerprint density at radius 2 is 1.95 bits per heavy atom. The van der Waals surface area contributed by atoms with Crippen LogP contribution in [-0.4, -0.2) is 20.4 Å². The number of anilines is 1. The molecule has 0 bridgehead atoms. The number of guanidine groups is 1. The second-order valence-corrected chi connectivity index (χ2v) is 7.23. The van der Waals surface area contributed by atoms with E-state index in [0.29, 0.717) is 16.7 Å². The summed E-state index contributed by atoms with van der Waals surface area (Å²) in [6.07, 6.45) is 5.57. The van der Waals surface area contributed by atoms with E-state index < -0.39 is 10.0 Å². The van der Waals surface area contributed by atoms with Crippen LogP contribution in [0, 0.1) is 0 Å². The minimum absolute atomic E-state index is 0.160. The fourth-order valence-electron chi connectivity index (χ4n) is 2.61. The van der Waals surface area contributed by atoms with Gasteiger partial charge in [-0.25, -0.2) is 18.1 Å². The predicted octanol–water partition coefficient (Wildman–Crippen LogP) is 2.73. The molecule has 1 aromatic carbocycles. The second-order valence-electron chi connectivity index (χ2n) is 5.14. The number of aliphatic imine (C=N–C) groups is 1. The molecule has 0 atom stereocenters. The van der Waals surface area contributed by atoms with Gasteiger partial charge in [0.15, 0.2) is 0 Å².